The molecule has 35 heavy (non-hydrogen) atoms. The van der Waals surface area contributed by atoms with Gasteiger partial charge in [0.25, 0.3) is 11.8 Å². The first kappa shape index (κ1) is 23.4. The highest BCUT2D eigenvalue weighted by atomic mass is 19.1. The van der Waals surface area contributed by atoms with Crippen molar-refractivity contribution in [2.24, 2.45) is 0 Å². The third-order valence-electron chi connectivity index (χ3n) is 4.91. The summed E-state index contributed by atoms with van der Waals surface area (Å²) in [7, 11) is 1.54. The molecule has 0 aliphatic heterocycles. The van der Waals surface area contributed by atoms with Gasteiger partial charge in [0, 0.05) is 17.3 Å². The maximum atomic E-state index is 14.3. The van der Waals surface area contributed by atoms with Crippen LogP contribution in [0.25, 0.3) is 5.69 Å². The minimum atomic E-state index is -0.602. The minimum absolute atomic E-state index is 0.0167. The van der Waals surface area contributed by atoms with Crippen LogP contribution in [0.2, 0.25) is 0 Å². The number of benzene rings is 3. The van der Waals surface area contributed by atoms with Gasteiger partial charge in [0.1, 0.15) is 17.3 Å². The van der Waals surface area contributed by atoms with Gasteiger partial charge >= 0.3 is 0 Å². The zero-order chi connectivity index (χ0) is 24.8. The average Bonchev–Trinajstić information content (AvgIpc) is 3.30. The molecule has 0 aliphatic rings. The van der Waals surface area contributed by atoms with Gasteiger partial charge in [-0.1, -0.05) is 6.07 Å². The van der Waals surface area contributed by atoms with E-state index in [0.717, 1.165) is 0 Å². The summed E-state index contributed by atoms with van der Waals surface area (Å²) in [6, 6.07) is 17.2. The number of ether oxygens (including phenoxy) is 2. The van der Waals surface area contributed by atoms with E-state index < -0.39 is 11.7 Å². The number of rotatable bonds is 8. The second-order valence-electron chi connectivity index (χ2n) is 7.35. The highest BCUT2D eigenvalue weighted by Crippen LogP contribution is 2.21. The van der Waals surface area contributed by atoms with Crippen molar-refractivity contribution >= 4 is 23.2 Å². The van der Waals surface area contributed by atoms with Gasteiger partial charge in [-0.25, -0.2) is 4.39 Å². The van der Waals surface area contributed by atoms with Crippen molar-refractivity contribution in [2.45, 2.75) is 6.92 Å². The number of aryl methyl sites for hydroxylation is 1. The lowest BCUT2D eigenvalue weighted by molar-refractivity contribution is -0.118. The smallest absolute Gasteiger partial charge is 0.262 e. The molecule has 10 nitrogen and oxygen atoms in total. The van der Waals surface area contributed by atoms with Crippen molar-refractivity contribution in [1.29, 1.82) is 0 Å². The summed E-state index contributed by atoms with van der Waals surface area (Å²) in [5.41, 5.74) is 1.34. The third-order valence-corrected chi connectivity index (χ3v) is 4.91. The molecule has 3 aromatic carbocycles. The van der Waals surface area contributed by atoms with E-state index >= 15 is 0 Å². The minimum Gasteiger partial charge on any atom is -0.497 e. The molecule has 1 heterocycles. The predicted molar refractivity (Wildman–Crippen MR) is 125 cm³/mol. The van der Waals surface area contributed by atoms with Crippen molar-refractivity contribution in [3.05, 3.63) is 83.9 Å². The largest absolute Gasteiger partial charge is 0.497 e. The Bertz CT molecular complexity index is 1360. The quantitative estimate of drug-likeness (QED) is 0.400. The number of methoxy groups -OCH3 is 1. The lowest BCUT2D eigenvalue weighted by atomic mass is 10.2. The average molecular weight is 476 g/mol. The Balaban J connectivity index is 1.35. The van der Waals surface area contributed by atoms with E-state index in [1.54, 1.807) is 50.4 Å². The van der Waals surface area contributed by atoms with Crippen LogP contribution < -0.4 is 20.1 Å². The molecule has 0 bridgehead atoms. The number of hydrogen-bond donors (Lipinski definition) is 2. The number of carbonyl (C=O) groups is 2. The fourth-order valence-corrected chi connectivity index (χ4v) is 3.15. The molecule has 0 radical (unpaired) electrons. The third kappa shape index (κ3) is 5.77. The van der Waals surface area contributed by atoms with E-state index in [9.17, 15) is 14.0 Å². The molecule has 178 valence electrons. The van der Waals surface area contributed by atoms with Gasteiger partial charge in [-0.15, -0.1) is 5.10 Å². The summed E-state index contributed by atoms with van der Waals surface area (Å²) in [6.45, 7) is 1.48. The Morgan fingerprint density at radius 3 is 2.51 bits per heavy atom. The van der Waals surface area contributed by atoms with Crippen molar-refractivity contribution in [3.8, 4) is 17.2 Å². The van der Waals surface area contributed by atoms with E-state index in [2.05, 4.69) is 26.2 Å². The number of anilines is 2. The Labute approximate surface area is 199 Å². The Morgan fingerprint density at radius 1 is 1.00 bits per heavy atom. The van der Waals surface area contributed by atoms with Crippen LogP contribution >= 0.6 is 0 Å². The summed E-state index contributed by atoms with van der Waals surface area (Å²) in [4.78, 5) is 24.8. The van der Waals surface area contributed by atoms with Gasteiger partial charge in [-0.05, 0) is 71.9 Å². The molecule has 0 unspecified atom stereocenters. The van der Waals surface area contributed by atoms with Gasteiger partial charge in [-0.3, -0.25) is 9.59 Å². The SMILES string of the molecule is COc1cccc(NC(=O)COc2ccc(C(=O)Nc3cc(-n4nnnc4C)ccc3F)cc2)c1. The van der Waals surface area contributed by atoms with Crippen LogP contribution in [0.1, 0.15) is 16.2 Å². The molecule has 1 aromatic heterocycles. The maximum Gasteiger partial charge on any atom is 0.262 e. The Hall–Kier alpha value is -4.80. The number of tetrazole rings is 1. The van der Waals surface area contributed by atoms with Crippen LogP contribution in [0.15, 0.2) is 66.7 Å². The Morgan fingerprint density at radius 2 is 1.80 bits per heavy atom. The van der Waals surface area contributed by atoms with Crippen LogP contribution in [-0.4, -0.2) is 45.7 Å². The number of amides is 2. The van der Waals surface area contributed by atoms with E-state index in [4.69, 9.17) is 9.47 Å². The van der Waals surface area contributed by atoms with E-state index in [1.165, 1.54) is 35.0 Å². The normalized spacial score (nSPS) is 10.5. The molecular weight excluding hydrogens is 455 g/mol. The second-order valence-corrected chi connectivity index (χ2v) is 7.35. The number of carbonyl (C=O) groups excluding carboxylic acids is 2. The van der Waals surface area contributed by atoms with Crippen LogP contribution in [0.3, 0.4) is 0 Å². The monoisotopic (exact) mass is 476 g/mol. The van der Waals surface area contributed by atoms with Crippen molar-refractivity contribution < 1.29 is 23.5 Å². The summed E-state index contributed by atoms with van der Waals surface area (Å²) >= 11 is 0. The molecule has 0 atom stereocenters. The predicted octanol–water partition coefficient (Wildman–Crippen LogP) is 3.39. The summed E-state index contributed by atoms with van der Waals surface area (Å²) in [5, 5.41) is 16.4. The first-order valence-corrected chi connectivity index (χ1v) is 10.5. The number of hydrogen-bond acceptors (Lipinski definition) is 7. The molecule has 11 heteroatoms. The fraction of sp³-hybridized carbons (Fsp3) is 0.125. The Kier molecular flexibility index (Phi) is 6.96. The molecule has 0 spiro atoms. The summed E-state index contributed by atoms with van der Waals surface area (Å²) in [5.74, 6) is 0.0564. The molecular formula is C24H21FN6O4. The van der Waals surface area contributed by atoms with Gasteiger partial charge in [0.15, 0.2) is 12.4 Å². The molecule has 0 saturated carbocycles. The number of halogens is 1. The van der Waals surface area contributed by atoms with E-state index in [1.807, 2.05) is 0 Å². The molecule has 2 N–H and O–H groups in total. The lowest BCUT2D eigenvalue weighted by Crippen LogP contribution is -2.20. The molecule has 0 saturated heterocycles. The van der Waals surface area contributed by atoms with Crippen molar-refractivity contribution in [2.75, 3.05) is 24.4 Å². The molecule has 0 aliphatic carbocycles. The fourth-order valence-electron chi connectivity index (χ4n) is 3.15. The van der Waals surface area contributed by atoms with Gasteiger partial charge in [0.05, 0.1) is 18.5 Å². The van der Waals surface area contributed by atoms with E-state index in [0.29, 0.717) is 28.7 Å². The maximum absolute atomic E-state index is 14.3. The molecule has 4 aromatic rings. The highest BCUT2D eigenvalue weighted by molar-refractivity contribution is 6.04. The zero-order valence-corrected chi connectivity index (χ0v) is 18.9. The second kappa shape index (κ2) is 10.4. The molecule has 2 amide bonds. The lowest BCUT2D eigenvalue weighted by Gasteiger charge is -2.10. The first-order chi connectivity index (χ1) is 16.9. The number of nitrogens with zero attached hydrogens (tertiary/aromatic N) is 4. The molecule has 0 fully saturated rings. The van der Waals surface area contributed by atoms with Gasteiger partial charge in [-0.2, -0.15) is 4.68 Å². The zero-order valence-electron chi connectivity index (χ0n) is 18.9. The molecule has 4 rings (SSSR count). The van der Waals surface area contributed by atoms with Crippen molar-refractivity contribution in [3.63, 3.8) is 0 Å². The van der Waals surface area contributed by atoms with Crippen LogP contribution in [0, 0.1) is 12.7 Å². The topological polar surface area (TPSA) is 120 Å². The van der Waals surface area contributed by atoms with Gasteiger partial charge in [0.2, 0.25) is 0 Å². The first-order valence-electron chi connectivity index (χ1n) is 10.5. The van der Waals surface area contributed by atoms with Crippen molar-refractivity contribution in [1.82, 2.24) is 20.2 Å². The van der Waals surface area contributed by atoms with Crippen LogP contribution in [-0.2, 0) is 4.79 Å². The summed E-state index contributed by atoms with van der Waals surface area (Å²) < 4.78 is 26.3. The van der Waals surface area contributed by atoms with Gasteiger partial charge < -0.3 is 20.1 Å². The number of aromatic nitrogens is 4. The number of nitrogens with one attached hydrogen (secondary N) is 2. The van der Waals surface area contributed by atoms with E-state index in [-0.39, 0.29) is 23.8 Å². The summed E-state index contributed by atoms with van der Waals surface area (Å²) in [6.07, 6.45) is 0. The highest BCUT2D eigenvalue weighted by Gasteiger charge is 2.13. The van der Waals surface area contributed by atoms with Crippen LogP contribution in [0.4, 0.5) is 15.8 Å². The standard InChI is InChI=1S/C24H21FN6O4/c1-15-28-29-30-31(15)18-8-11-21(25)22(13-18)27-24(33)16-6-9-19(10-7-16)35-14-23(32)26-17-4-3-5-20(12-17)34-2/h3-13H,14H2,1-2H3,(H,26,32)(H,27,33). The van der Waals surface area contributed by atoms with Crippen LogP contribution in [0.5, 0.6) is 11.5 Å².